The number of fused-ring (bicyclic) bond motifs is 1. The Morgan fingerprint density at radius 1 is 1.08 bits per heavy atom. The van der Waals surface area contributed by atoms with E-state index in [0.717, 1.165) is 24.0 Å². The molecule has 0 fully saturated rings. The summed E-state index contributed by atoms with van der Waals surface area (Å²) in [5.41, 5.74) is 3.17. The van der Waals surface area contributed by atoms with E-state index in [-0.39, 0.29) is 18.2 Å². The molecular formula is C27H30N4O6. The Labute approximate surface area is 214 Å². The van der Waals surface area contributed by atoms with Crippen molar-refractivity contribution in [3.05, 3.63) is 53.7 Å². The maximum atomic E-state index is 12.8. The van der Waals surface area contributed by atoms with Gasteiger partial charge in [-0.05, 0) is 55.3 Å². The van der Waals surface area contributed by atoms with Crippen molar-refractivity contribution in [1.29, 1.82) is 0 Å². The number of nitrogens with zero attached hydrogens (tertiary/aromatic N) is 2. The minimum absolute atomic E-state index is 0.105. The molecule has 1 unspecified atom stereocenters. The van der Waals surface area contributed by atoms with Crippen LogP contribution in [0.1, 0.15) is 48.3 Å². The number of aryl methyl sites for hydroxylation is 1. The second kappa shape index (κ2) is 11.2. The van der Waals surface area contributed by atoms with Crippen molar-refractivity contribution >= 4 is 29.3 Å². The van der Waals surface area contributed by atoms with Crippen molar-refractivity contribution in [2.45, 2.75) is 39.2 Å². The Balaban J connectivity index is 1.46. The van der Waals surface area contributed by atoms with Crippen LogP contribution in [0.2, 0.25) is 0 Å². The molecule has 194 valence electrons. The van der Waals surface area contributed by atoms with E-state index in [9.17, 15) is 14.4 Å². The second-order valence-electron chi connectivity index (χ2n) is 8.65. The third-order valence-electron chi connectivity index (χ3n) is 6.11. The minimum atomic E-state index is -0.796. The Morgan fingerprint density at radius 3 is 2.49 bits per heavy atom. The van der Waals surface area contributed by atoms with Crippen LogP contribution < -0.4 is 20.1 Å². The van der Waals surface area contributed by atoms with E-state index < -0.39 is 12.0 Å². The lowest BCUT2D eigenvalue weighted by Crippen LogP contribution is -2.23. The van der Waals surface area contributed by atoms with Gasteiger partial charge in [-0.25, -0.2) is 9.48 Å². The van der Waals surface area contributed by atoms with Crippen LogP contribution >= 0.6 is 0 Å². The predicted octanol–water partition coefficient (Wildman–Crippen LogP) is 4.35. The Hall–Kier alpha value is -4.34. The van der Waals surface area contributed by atoms with Gasteiger partial charge in [0.1, 0.15) is 11.9 Å². The largest absolute Gasteiger partial charge is 0.493 e. The van der Waals surface area contributed by atoms with Crippen LogP contribution in [0.5, 0.6) is 11.5 Å². The molecule has 10 nitrogen and oxygen atoms in total. The fourth-order valence-electron chi connectivity index (χ4n) is 4.19. The molecule has 0 bridgehead atoms. The summed E-state index contributed by atoms with van der Waals surface area (Å²) >= 11 is 0. The number of unbranched alkanes of at least 4 members (excludes halogenated alkanes) is 1. The molecule has 1 aromatic heterocycles. The van der Waals surface area contributed by atoms with Gasteiger partial charge in [-0.3, -0.25) is 9.59 Å². The normalized spacial score (nSPS) is 14.1. The summed E-state index contributed by atoms with van der Waals surface area (Å²) in [6.45, 7) is 4.24. The molecule has 4 rings (SSSR count). The first-order chi connectivity index (χ1) is 17.9. The van der Waals surface area contributed by atoms with Gasteiger partial charge in [-0.2, -0.15) is 5.10 Å². The number of rotatable bonds is 10. The summed E-state index contributed by atoms with van der Waals surface area (Å²) in [5, 5.41) is 10.2. The standard InChI is InChI=1S/C27H30N4O6/c1-5-6-13-37-27(34)17-7-10-19(11-8-17)28-23(32)15-20-26(33)29-25-24(16(2)30-31(20)25)18-9-12-21(35-3)22(14-18)36-4/h7-12,14,20H,5-6,13,15H2,1-4H3,(H,28,32)(H,29,33). The summed E-state index contributed by atoms with van der Waals surface area (Å²) in [7, 11) is 3.12. The monoisotopic (exact) mass is 506 g/mol. The van der Waals surface area contributed by atoms with Crippen LogP contribution in [0.4, 0.5) is 11.5 Å². The van der Waals surface area contributed by atoms with E-state index in [1.165, 1.54) is 0 Å². The van der Waals surface area contributed by atoms with Gasteiger partial charge in [0.25, 0.3) is 5.91 Å². The van der Waals surface area contributed by atoms with E-state index >= 15 is 0 Å². The van der Waals surface area contributed by atoms with Gasteiger partial charge >= 0.3 is 5.97 Å². The highest BCUT2D eigenvalue weighted by Crippen LogP contribution is 2.41. The highest BCUT2D eigenvalue weighted by atomic mass is 16.5. The molecule has 2 amide bonds. The average Bonchev–Trinajstić information content (AvgIpc) is 3.36. The number of anilines is 2. The summed E-state index contributed by atoms with van der Waals surface area (Å²) in [6, 6.07) is 11.1. The molecule has 2 N–H and O–H groups in total. The number of hydrogen-bond acceptors (Lipinski definition) is 7. The van der Waals surface area contributed by atoms with Gasteiger partial charge in [-0.1, -0.05) is 19.4 Å². The highest BCUT2D eigenvalue weighted by molar-refractivity contribution is 6.04. The maximum Gasteiger partial charge on any atom is 0.338 e. The number of carbonyl (C=O) groups is 3. The number of benzene rings is 2. The molecule has 0 aliphatic carbocycles. The van der Waals surface area contributed by atoms with Gasteiger partial charge in [0.2, 0.25) is 5.91 Å². The number of methoxy groups -OCH3 is 2. The number of ether oxygens (including phenoxy) is 3. The van der Waals surface area contributed by atoms with E-state index in [1.54, 1.807) is 49.2 Å². The molecule has 1 atom stereocenters. The van der Waals surface area contributed by atoms with Crippen LogP contribution in [-0.4, -0.2) is 48.4 Å². The van der Waals surface area contributed by atoms with Crippen LogP contribution in [0.25, 0.3) is 11.1 Å². The van der Waals surface area contributed by atoms with E-state index in [0.29, 0.717) is 40.9 Å². The lowest BCUT2D eigenvalue weighted by atomic mass is 10.1. The molecule has 2 heterocycles. The predicted molar refractivity (Wildman–Crippen MR) is 138 cm³/mol. The summed E-state index contributed by atoms with van der Waals surface area (Å²) in [5.74, 6) is 0.600. The molecule has 10 heteroatoms. The smallest absolute Gasteiger partial charge is 0.338 e. The van der Waals surface area contributed by atoms with Gasteiger partial charge in [0, 0.05) is 11.3 Å². The minimum Gasteiger partial charge on any atom is -0.493 e. The van der Waals surface area contributed by atoms with Crippen molar-refractivity contribution < 1.29 is 28.6 Å². The third kappa shape index (κ3) is 5.42. The van der Waals surface area contributed by atoms with Crippen molar-refractivity contribution in [2.24, 2.45) is 0 Å². The first kappa shape index (κ1) is 25.7. The first-order valence-electron chi connectivity index (χ1n) is 12.1. The number of aromatic nitrogens is 2. The number of carbonyl (C=O) groups excluding carboxylic acids is 3. The topological polar surface area (TPSA) is 121 Å². The van der Waals surface area contributed by atoms with Crippen molar-refractivity contribution in [3.8, 4) is 22.6 Å². The first-order valence-corrected chi connectivity index (χ1v) is 12.1. The van der Waals surface area contributed by atoms with E-state index in [4.69, 9.17) is 14.2 Å². The molecule has 1 aliphatic rings. The molecule has 37 heavy (non-hydrogen) atoms. The summed E-state index contributed by atoms with van der Waals surface area (Å²) in [4.78, 5) is 37.6. The quantitative estimate of drug-likeness (QED) is 0.310. The fourth-order valence-corrected chi connectivity index (χ4v) is 4.19. The molecule has 3 aromatic rings. The van der Waals surface area contributed by atoms with Crippen molar-refractivity contribution in [2.75, 3.05) is 31.5 Å². The maximum absolute atomic E-state index is 12.8. The van der Waals surface area contributed by atoms with Gasteiger partial charge in [0.15, 0.2) is 11.5 Å². The fraction of sp³-hybridized carbons (Fsp3) is 0.333. The van der Waals surface area contributed by atoms with E-state index in [2.05, 4.69) is 15.7 Å². The third-order valence-corrected chi connectivity index (χ3v) is 6.11. The zero-order valence-corrected chi connectivity index (χ0v) is 21.3. The van der Waals surface area contributed by atoms with Crippen LogP contribution in [0.3, 0.4) is 0 Å². The Kier molecular flexibility index (Phi) is 7.76. The summed E-state index contributed by atoms with van der Waals surface area (Å²) < 4.78 is 17.5. The molecule has 2 aromatic carbocycles. The van der Waals surface area contributed by atoms with Crippen molar-refractivity contribution in [3.63, 3.8) is 0 Å². The second-order valence-corrected chi connectivity index (χ2v) is 8.65. The molecule has 0 spiro atoms. The zero-order chi connectivity index (χ0) is 26.5. The van der Waals surface area contributed by atoms with E-state index in [1.807, 2.05) is 26.0 Å². The lowest BCUT2D eigenvalue weighted by Gasteiger charge is -2.10. The average molecular weight is 507 g/mol. The van der Waals surface area contributed by atoms with Crippen molar-refractivity contribution in [1.82, 2.24) is 9.78 Å². The van der Waals surface area contributed by atoms with Gasteiger partial charge in [-0.15, -0.1) is 0 Å². The van der Waals surface area contributed by atoms with Crippen LogP contribution in [-0.2, 0) is 14.3 Å². The number of amides is 2. The Morgan fingerprint density at radius 2 is 1.81 bits per heavy atom. The summed E-state index contributed by atoms with van der Waals surface area (Å²) in [6.07, 6.45) is 1.64. The molecule has 0 radical (unpaired) electrons. The number of nitrogens with one attached hydrogen (secondary N) is 2. The SMILES string of the molecule is CCCCOC(=O)c1ccc(NC(=O)CC2C(=O)Nc3c(-c4ccc(OC)c(OC)c4)c(C)nn32)cc1. The molecule has 0 saturated carbocycles. The highest BCUT2D eigenvalue weighted by Gasteiger charge is 2.36. The molecule has 0 saturated heterocycles. The number of hydrogen-bond donors (Lipinski definition) is 2. The number of esters is 1. The van der Waals surface area contributed by atoms with Gasteiger partial charge in [0.05, 0.1) is 38.5 Å². The van der Waals surface area contributed by atoms with Crippen LogP contribution in [0.15, 0.2) is 42.5 Å². The zero-order valence-electron chi connectivity index (χ0n) is 21.3. The Bertz CT molecular complexity index is 1320. The molecular weight excluding hydrogens is 476 g/mol. The van der Waals surface area contributed by atoms with Crippen LogP contribution in [0, 0.1) is 6.92 Å². The lowest BCUT2D eigenvalue weighted by molar-refractivity contribution is -0.123. The molecule has 1 aliphatic heterocycles. The van der Waals surface area contributed by atoms with Gasteiger partial charge < -0.3 is 24.8 Å².